The Morgan fingerprint density at radius 1 is 1.17 bits per heavy atom. The summed E-state index contributed by atoms with van der Waals surface area (Å²) in [6, 6.07) is 11.8. The van der Waals surface area contributed by atoms with Crippen LogP contribution in [-0.4, -0.2) is 28.0 Å². The molecule has 116 valence electrons. The third kappa shape index (κ3) is 3.51. The standard InChI is InChI=1S/C18H17N3OS/c1-3-13-4-6-15(7-5-13)20-18-21(2)17(22)16(23-18)12-14-8-10-19-11-9-14/h4-12H,3H2,1-2H3/b16-12-,20-18?. The maximum atomic E-state index is 12.4. The van der Waals surface area contributed by atoms with Gasteiger partial charge in [0.1, 0.15) is 0 Å². The van der Waals surface area contributed by atoms with Gasteiger partial charge in [-0.25, -0.2) is 4.99 Å². The highest BCUT2D eigenvalue weighted by Gasteiger charge is 2.30. The zero-order valence-corrected chi connectivity index (χ0v) is 13.9. The van der Waals surface area contributed by atoms with Crippen LogP contribution in [0.3, 0.4) is 0 Å². The first-order valence-electron chi connectivity index (χ1n) is 7.42. The van der Waals surface area contributed by atoms with E-state index in [1.807, 2.05) is 30.3 Å². The van der Waals surface area contributed by atoms with Gasteiger partial charge in [-0.05, 0) is 59.7 Å². The highest BCUT2D eigenvalue weighted by atomic mass is 32.2. The Bertz CT molecular complexity index is 767. The van der Waals surface area contributed by atoms with Crippen molar-refractivity contribution in [2.24, 2.45) is 4.99 Å². The van der Waals surface area contributed by atoms with E-state index in [0.717, 1.165) is 17.7 Å². The Hall–Kier alpha value is -2.40. The summed E-state index contributed by atoms with van der Waals surface area (Å²) in [6.07, 6.45) is 6.30. The van der Waals surface area contributed by atoms with E-state index in [9.17, 15) is 4.79 Å². The number of rotatable bonds is 3. The van der Waals surface area contributed by atoms with Crippen molar-refractivity contribution in [1.82, 2.24) is 9.88 Å². The molecule has 1 aromatic heterocycles. The molecule has 0 N–H and O–H groups in total. The van der Waals surface area contributed by atoms with Gasteiger partial charge in [0.15, 0.2) is 5.17 Å². The minimum Gasteiger partial charge on any atom is -0.290 e. The molecule has 0 radical (unpaired) electrons. The number of benzene rings is 1. The van der Waals surface area contributed by atoms with Crippen molar-refractivity contribution in [2.45, 2.75) is 13.3 Å². The second kappa shape index (κ2) is 6.79. The van der Waals surface area contributed by atoms with Crippen molar-refractivity contribution in [3.05, 3.63) is 64.8 Å². The molecule has 1 amide bonds. The van der Waals surface area contributed by atoms with E-state index >= 15 is 0 Å². The van der Waals surface area contributed by atoms with E-state index in [0.29, 0.717) is 10.1 Å². The molecule has 0 saturated carbocycles. The Labute approximate surface area is 140 Å². The molecule has 5 heteroatoms. The van der Waals surface area contributed by atoms with Gasteiger partial charge >= 0.3 is 0 Å². The van der Waals surface area contributed by atoms with E-state index in [2.05, 4.69) is 29.0 Å². The van der Waals surface area contributed by atoms with Gasteiger partial charge in [0.25, 0.3) is 5.91 Å². The first kappa shape index (κ1) is 15.5. The average molecular weight is 323 g/mol. The van der Waals surface area contributed by atoms with Crippen LogP contribution in [0.4, 0.5) is 5.69 Å². The van der Waals surface area contributed by atoms with Gasteiger partial charge in [0.2, 0.25) is 0 Å². The summed E-state index contributed by atoms with van der Waals surface area (Å²) in [5.41, 5.74) is 3.09. The number of aliphatic imine (C=N–C) groups is 1. The molecule has 0 unspecified atom stereocenters. The van der Waals surface area contributed by atoms with E-state index in [1.165, 1.54) is 17.3 Å². The molecule has 0 aliphatic carbocycles. The molecule has 2 heterocycles. The number of thioether (sulfide) groups is 1. The van der Waals surface area contributed by atoms with Crippen LogP contribution in [0.5, 0.6) is 0 Å². The van der Waals surface area contributed by atoms with Crippen molar-refractivity contribution < 1.29 is 4.79 Å². The van der Waals surface area contributed by atoms with E-state index in [1.54, 1.807) is 24.3 Å². The lowest BCUT2D eigenvalue weighted by Crippen LogP contribution is -2.23. The van der Waals surface area contributed by atoms with Crippen LogP contribution in [0, 0.1) is 0 Å². The van der Waals surface area contributed by atoms with Crippen LogP contribution in [0.1, 0.15) is 18.1 Å². The van der Waals surface area contributed by atoms with Gasteiger partial charge in [-0.1, -0.05) is 19.1 Å². The molecular weight excluding hydrogens is 306 g/mol. The molecule has 0 atom stereocenters. The Morgan fingerprint density at radius 2 is 1.87 bits per heavy atom. The van der Waals surface area contributed by atoms with Gasteiger partial charge in [-0.2, -0.15) is 0 Å². The van der Waals surface area contributed by atoms with Gasteiger partial charge < -0.3 is 0 Å². The van der Waals surface area contributed by atoms with Gasteiger partial charge in [-0.3, -0.25) is 14.7 Å². The first-order valence-corrected chi connectivity index (χ1v) is 8.24. The molecule has 1 saturated heterocycles. The predicted octanol–water partition coefficient (Wildman–Crippen LogP) is 3.88. The van der Waals surface area contributed by atoms with Crippen molar-refractivity contribution in [3.63, 3.8) is 0 Å². The minimum absolute atomic E-state index is 0.0317. The van der Waals surface area contributed by atoms with E-state index in [4.69, 9.17) is 0 Å². The monoisotopic (exact) mass is 323 g/mol. The summed E-state index contributed by atoms with van der Waals surface area (Å²) in [7, 11) is 1.75. The second-order valence-electron chi connectivity index (χ2n) is 5.17. The maximum Gasteiger partial charge on any atom is 0.266 e. The lowest BCUT2D eigenvalue weighted by molar-refractivity contribution is -0.121. The van der Waals surface area contributed by atoms with Gasteiger partial charge in [-0.15, -0.1) is 0 Å². The lowest BCUT2D eigenvalue weighted by atomic mass is 10.2. The lowest BCUT2D eigenvalue weighted by Gasteiger charge is -2.07. The molecule has 1 aliphatic rings. The van der Waals surface area contributed by atoms with Crippen LogP contribution in [-0.2, 0) is 11.2 Å². The number of pyridine rings is 1. The topological polar surface area (TPSA) is 45.6 Å². The minimum atomic E-state index is -0.0317. The summed E-state index contributed by atoms with van der Waals surface area (Å²) >= 11 is 1.39. The molecule has 0 bridgehead atoms. The summed E-state index contributed by atoms with van der Waals surface area (Å²) in [4.78, 5) is 23.2. The number of aromatic nitrogens is 1. The quantitative estimate of drug-likeness (QED) is 0.805. The van der Waals surface area contributed by atoms with Gasteiger partial charge in [0, 0.05) is 19.4 Å². The Balaban J connectivity index is 1.85. The summed E-state index contributed by atoms with van der Waals surface area (Å²) in [5, 5.41) is 0.694. The van der Waals surface area contributed by atoms with Crippen LogP contribution in [0.2, 0.25) is 0 Å². The average Bonchev–Trinajstić information content (AvgIpc) is 2.84. The van der Waals surface area contributed by atoms with Crippen LogP contribution >= 0.6 is 11.8 Å². The number of amides is 1. The molecule has 0 spiro atoms. The predicted molar refractivity (Wildman–Crippen MR) is 95.5 cm³/mol. The third-order valence-electron chi connectivity index (χ3n) is 3.58. The fraction of sp³-hybridized carbons (Fsp3) is 0.167. The van der Waals surface area contributed by atoms with Crippen molar-refractivity contribution in [2.75, 3.05) is 7.05 Å². The number of hydrogen-bond acceptors (Lipinski definition) is 4. The van der Waals surface area contributed by atoms with Crippen molar-refractivity contribution in [3.8, 4) is 0 Å². The van der Waals surface area contributed by atoms with E-state index in [-0.39, 0.29) is 5.91 Å². The molecule has 23 heavy (non-hydrogen) atoms. The van der Waals surface area contributed by atoms with Crippen LogP contribution in [0.15, 0.2) is 58.7 Å². The van der Waals surface area contributed by atoms with Crippen LogP contribution < -0.4 is 0 Å². The number of hydrogen-bond donors (Lipinski definition) is 0. The number of carbonyl (C=O) groups excluding carboxylic acids is 1. The van der Waals surface area contributed by atoms with Gasteiger partial charge in [0.05, 0.1) is 10.6 Å². The fourth-order valence-electron chi connectivity index (χ4n) is 2.18. The largest absolute Gasteiger partial charge is 0.290 e. The number of amidine groups is 1. The Kier molecular flexibility index (Phi) is 4.57. The highest BCUT2D eigenvalue weighted by molar-refractivity contribution is 8.18. The molecule has 1 fully saturated rings. The third-order valence-corrected chi connectivity index (χ3v) is 4.64. The summed E-state index contributed by atoms with van der Waals surface area (Å²) < 4.78 is 0. The summed E-state index contributed by atoms with van der Waals surface area (Å²) in [6.45, 7) is 2.12. The zero-order valence-electron chi connectivity index (χ0n) is 13.1. The highest BCUT2D eigenvalue weighted by Crippen LogP contribution is 2.33. The number of carbonyl (C=O) groups is 1. The first-order chi connectivity index (χ1) is 11.2. The number of nitrogens with zero attached hydrogens (tertiary/aromatic N) is 3. The van der Waals surface area contributed by atoms with Crippen molar-refractivity contribution >= 4 is 34.6 Å². The molecular formula is C18H17N3OS. The maximum absolute atomic E-state index is 12.4. The smallest absolute Gasteiger partial charge is 0.266 e. The molecule has 2 aromatic rings. The SMILES string of the molecule is CCc1ccc(N=C2S/C(=C\c3ccncc3)C(=O)N2C)cc1. The summed E-state index contributed by atoms with van der Waals surface area (Å²) in [5.74, 6) is -0.0317. The fourth-order valence-corrected chi connectivity index (χ4v) is 3.17. The van der Waals surface area contributed by atoms with Crippen molar-refractivity contribution in [1.29, 1.82) is 0 Å². The number of likely N-dealkylation sites (N-methyl/N-ethyl adjacent to an activating group) is 1. The normalized spacial score (nSPS) is 18.2. The zero-order chi connectivity index (χ0) is 16.2. The second-order valence-corrected chi connectivity index (χ2v) is 6.18. The molecule has 4 nitrogen and oxygen atoms in total. The van der Waals surface area contributed by atoms with E-state index < -0.39 is 0 Å². The Morgan fingerprint density at radius 3 is 2.52 bits per heavy atom. The van der Waals surface area contributed by atoms with Crippen LogP contribution in [0.25, 0.3) is 6.08 Å². The number of aryl methyl sites for hydroxylation is 1. The molecule has 3 rings (SSSR count). The molecule has 1 aliphatic heterocycles. The molecule has 1 aromatic carbocycles.